The summed E-state index contributed by atoms with van der Waals surface area (Å²) in [6.45, 7) is 7.33. The van der Waals surface area contributed by atoms with Crippen LogP contribution < -0.4 is 0 Å². The molecule has 0 amide bonds. The second-order valence-corrected chi connectivity index (χ2v) is 10.4. The molecular weight excluding hydrogens is 490 g/mol. The predicted molar refractivity (Wildman–Crippen MR) is 150 cm³/mol. The smallest absolute Gasteiger partial charge is 0.303 e. The SMILES string of the molecule is C[C@@H]1CN([C@H](c2ccc(-c3n[nH]c(CCC(=O)O)n3)cc2)c2cccc(O)c2)[C@@H](C)CN1Cc1ccccc1. The molecule has 1 aliphatic heterocycles. The number of rotatable bonds is 9. The number of H-pyrrole nitrogens is 1. The molecule has 1 fully saturated rings. The van der Waals surface area contributed by atoms with Crippen molar-refractivity contribution in [2.45, 2.75) is 51.4 Å². The van der Waals surface area contributed by atoms with Crippen LogP contribution >= 0.6 is 0 Å². The van der Waals surface area contributed by atoms with E-state index >= 15 is 0 Å². The molecule has 0 aliphatic carbocycles. The highest BCUT2D eigenvalue weighted by atomic mass is 16.4. The van der Waals surface area contributed by atoms with Crippen LogP contribution in [0.2, 0.25) is 0 Å². The van der Waals surface area contributed by atoms with Gasteiger partial charge in [-0.05, 0) is 42.7 Å². The first kappa shape index (κ1) is 26.6. The molecule has 3 N–H and O–H groups in total. The van der Waals surface area contributed by atoms with E-state index in [0.717, 1.165) is 36.3 Å². The number of aromatic nitrogens is 3. The van der Waals surface area contributed by atoms with Gasteiger partial charge >= 0.3 is 5.97 Å². The Kier molecular flexibility index (Phi) is 8.05. The van der Waals surface area contributed by atoms with E-state index in [1.807, 2.05) is 24.3 Å². The van der Waals surface area contributed by atoms with Crippen molar-refractivity contribution in [1.29, 1.82) is 0 Å². The Morgan fingerprint density at radius 2 is 1.74 bits per heavy atom. The van der Waals surface area contributed by atoms with Gasteiger partial charge in [0.25, 0.3) is 0 Å². The molecule has 1 aromatic heterocycles. The Balaban J connectivity index is 1.39. The zero-order valence-corrected chi connectivity index (χ0v) is 22.4. The average Bonchev–Trinajstić information content (AvgIpc) is 3.41. The van der Waals surface area contributed by atoms with Crippen molar-refractivity contribution in [3.63, 3.8) is 0 Å². The standard InChI is InChI=1S/C31H35N5O3/c1-21-19-36(22(2)18-35(21)20-23-7-4-3-5-8-23)30(26-9-6-10-27(37)17-26)24-11-13-25(14-12-24)31-32-28(33-34-31)15-16-29(38)39/h3-14,17,21-22,30,37H,15-16,18-20H2,1-2H3,(H,38,39)(H,32,33,34)/t21-,22+,30-/m1/s1. The maximum atomic E-state index is 10.9. The number of carboxylic acid groups (broad SMARTS) is 1. The summed E-state index contributed by atoms with van der Waals surface area (Å²) in [5.41, 5.74) is 4.36. The summed E-state index contributed by atoms with van der Waals surface area (Å²) in [6, 6.07) is 27.0. The number of nitrogens with zero attached hydrogens (tertiary/aromatic N) is 4. The summed E-state index contributed by atoms with van der Waals surface area (Å²) in [5, 5.41) is 26.4. The second-order valence-electron chi connectivity index (χ2n) is 10.4. The number of hydrogen-bond acceptors (Lipinski definition) is 6. The van der Waals surface area contributed by atoms with Crippen LogP contribution in [0.15, 0.2) is 78.9 Å². The molecule has 5 rings (SSSR count). The molecule has 0 spiro atoms. The van der Waals surface area contributed by atoms with Crippen molar-refractivity contribution in [3.8, 4) is 17.1 Å². The van der Waals surface area contributed by atoms with E-state index in [1.54, 1.807) is 6.07 Å². The molecule has 3 atom stereocenters. The zero-order valence-electron chi connectivity index (χ0n) is 22.4. The van der Waals surface area contributed by atoms with Crippen LogP contribution in [0, 0.1) is 0 Å². The number of hydrogen-bond donors (Lipinski definition) is 3. The van der Waals surface area contributed by atoms with Gasteiger partial charge < -0.3 is 10.2 Å². The lowest BCUT2D eigenvalue weighted by atomic mass is 9.92. The summed E-state index contributed by atoms with van der Waals surface area (Å²) in [7, 11) is 0. The molecule has 8 heteroatoms. The minimum atomic E-state index is -0.861. The second kappa shape index (κ2) is 11.8. The fourth-order valence-corrected chi connectivity index (χ4v) is 5.47. The zero-order chi connectivity index (χ0) is 27.4. The molecule has 202 valence electrons. The van der Waals surface area contributed by atoms with E-state index in [4.69, 9.17) is 5.11 Å². The summed E-state index contributed by atoms with van der Waals surface area (Å²) >= 11 is 0. The summed E-state index contributed by atoms with van der Waals surface area (Å²) in [4.78, 5) is 20.4. The number of aryl methyl sites for hydroxylation is 1. The van der Waals surface area contributed by atoms with Crippen LogP contribution in [0.4, 0.5) is 0 Å². The Hall–Kier alpha value is -4.01. The van der Waals surface area contributed by atoms with E-state index in [2.05, 4.69) is 87.4 Å². The third-order valence-corrected chi connectivity index (χ3v) is 7.50. The van der Waals surface area contributed by atoms with Gasteiger partial charge in [0.1, 0.15) is 11.6 Å². The van der Waals surface area contributed by atoms with Crippen LogP contribution in [-0.4, -0.2) is 66.3 Å². The molecular formula is C31H35N5O3. The van der Waals surface area contributed by atoms with E-state index in [0.29, 0.717) is 30.2 Å². The normalized spacial score (nSPS) is 19.1. The number of nitrogens with one attached hydrogen (secondary N) is 1. The third kappa shape index (κ3) is 6.35. The van der Waals surface area contributed by atoms with Crippen molar-refractivity contribution in [2.24, 2.45) is 0 Å². The summed E-state index contributed by atoms with van der Waals surface area (Å²) in [5.74, 6) is 0.504. The largest absolute Gasteiger partial charge is 0.508 e. The highest BCUT2D eigenvalue weighted by Gasteiger charge is 2.35. The van der Waals surface area contributed by atoms with Gasteiger partial charge in [-0.25, -0.2) is 4.98 Å². The number of phenols is 1. The molecule has 0 radical (unpaired) electrons. The number of aromatic hydroxyl groups is 1. The van der Waals surface area contributed by atoms with Gasteiger partial charge in [-0.15, -0.1) is 0 Å². The molecule has 0 bridgehead atoms. The van der Waals surface area contributed by atoms with Crippen LogP contribution in [0.5, 0.6) is 5.75 Å². The molecule has 2 heterocycles. The van der Waals surface area contributed by atoms with Gasteiger partial charge in [0.15, 0.2) is 5.82 Å². The van der Waals surface area contributed by atoms with E-state index in [-0.39, 0.29) is 18.2 Å². The van der Waals surface area contributed by atoms with Crippen LogP contribution in [0.25, 0.3) is 11.4 Å². The van der Waals surface area contributed by atoms with Crippen molar-refractivity contribution < 1.29 is 15.0 Å². The Morgan fingerprint density at radius 1 is 0.974 bits per heavy atom. The van der Waals surface area contributed by atoms with E-state index in [9.17, 15) is 9.90 Å². The first-order chi connectivity index (χ1) is 18.9. The highest BCUT2D eigenvalue weighted by Crippen LogP contribution is 2.35. The van der Waals surface area contributed by atoms with Crippen molar-refractivity contribution in [3.05, 3.63) is 101 Å². The number of carboxylic acids is 1. The molecule has 0 unspecified atom stereocenters. The van der Waals surface area contributed by atoms with Crippen LogP contribution in [-0.2, 0) is 17.8 Å². The number of aliphatic carboxylic acids is 1. The van der Waals surface area contributed by atoms with Gasteiger partial charge in [0.05, 0.1) is 12.5 Å². The van der Waals surface area contributed by atoms with Crippen LogP contribution in [0.3, 0.4) is 0 Å². The van der Waals surface area contributed by atoms with E-state index < -0.39 is 5.97 Å². The molecule has 4 aromatic rings. The number of carbonyl (C=O) groups is 1. The summed E-state index contributed by atoms with van der Waals surface area (Å²) in [6.07, 6.45) is 0.320. The molecule has 3 aromatic carbocycles. The summed E-state index contributed by atoms with van der Waals surface area (Å²) < 4.78 is 0. The molecule has 1 saturated heterocycles. The lowest BCUT2D eigenvalue weighted by Gasteiger charge is -2.47. The number of aromatic amines is 1. The van der Waals surface area contributed by atoms with E-state index in [1.165, 1.54) is 5.56 Å². The van der Waals surface area contributed by atoms with Gasteiger partial charge in [-0.2, -0.15) is 5.10 Å². The van der Waals surface area contributed by atoms with Gasteiger partial charge in [-0.1, -0.05) is 66.7 Å². The molecule has 39 heavy (non-hydrogen) atoms. The fourth-order valence-electron chi connectivity index (χ4n) is 5.47. The van der Waals surface area contributed by atoms with Gasteiger partial charge in [-0.3, -0.25) is 19.7 Å². The van der Waals surface area contributed by atoms with Crippen LogP contribution in [0.1, 0.15) is 48.8 Å². The monoisotopic (exact) mass is 525 g/mol. The first-order valence-electron chi connectivity index (χ1n) is 13.4. The van der Waals surface area contributed by atoms with Gasteiger partial charge in [0, 0.05) is 43.7 Å². The maximum absolute atomic E-state index is 10.9. The van der Waals surface area contributed by atoms with Crippen molar-refractivity contribution >= 4 is 5.97 Å². The first-order valence-corrected chi connectivity index (χ1v) is 13.4. The highest BCUT2D eigenvalue weighted by molar-refractivity contribution is 5.67. The number of benzene rings is 3. The minimum absolute atomic E-state index is 0.00832. The third-order valence-electron chi connectivity index (χ3n) is 7.50. The molecule has 1 aliphatic rings. The molecule has 8 nitrogen and oxygen atoms in total. The average molecular weight is 526 g/mol. The van der Waals surface area contributed by atoms with Crippen molar-refractivity contribution in [1.82, 2.24) is 25.0 Å². The lowest BCUT2D eigenvalue weighted by molar-refractivity contribution is -0.137. The maximum Gasteiger partial charge on any atom is 0.303 e. The fraction of sp³-hybridized carbons (Fsp3) is 0.323. The van der Waals surface area contributed by atoms with Crippen molar-refractivity contribution in [2.75, 3.05) is 13.1 Å². The Labute approximate surface area is 228 Å². The predicted octanol–water partition coefficient (Wildman–Crippen LogP) is 4.88. The number of piperazine rings is 1. The topological polar surface area (TPSA) is 106 Å². The quantitative estimate of drug-likeness (QED) is 0.286. The Bertz CT molecular complexity index is 1390. The number of phenolic OH excluding ortho intramolecular Hbond substituents is 1. The Morgan fingerprint density at radius 3 is 2.46 bits per heavy atom. The van der Waals surface area contributed by atoms with Gasteiger partial charge in [0.2, 0.25) is 0 Å². The lowest BCUT2D eigenvalue weighted by Crippen LogP contribution is -2.56. The molecule has 0 saturated carbocycles. The minimum Gasteiger partial charge on any atom is -0.508 e.